The van der Waals surface area contributed by atoms with E-state index < -0.39 is 0 Å². The first kappa shape index (κ1) is 13.1. The summed E-state index contributed by atoms with van der Waals surface area (Å²) in [7, 11) is 0. The smallest absolute Gasteiger partial charge is 0.272 e. The second-order valence-electron chi connectivity index (χ2n) is 4.55. The normalized spacial score (nSPS) is 12.6. The molecule has 19 heavy (non-hydrogen) atoms. The number of nitrogens with two attached hydrogens (primary N) is 1. The maximum atomic E-state index is 12.0. The van der Waals surface area contributed by atoms with E-state index in [1.807, 2.05) is 13.8 Å². The molecule has 0 unspecified atom stereocenters. The van der Waals surface area contributed by atoms with Crippen LogP contribution in [0.25, 0.3) is 0 Å². The number of anilines is 1. The fraction of sp³-hybridized carbons (Fsp3) is 0.455. The van der Waals surface area contributed by atoms with Gasteiger partial charge < -0.3 is 11.1 Å². The number of hydrogen-bond donors (Lipinski definition) is 3. The molecule has 0 aromatic carbocycles. The van der Waals surface area contributed by atoms with Crippen LogP contribution in [0.3, 0.4) is 0 Å². The summed E-state index contributed by atoms with van der Waals surface area (Å²) in [5.41, 5.74) is 5.78. The molecule has 0 spiro atoms. The number of nitrogens with zero attached hydrogens (tertiary/aromatic N) is 4. The molecule has 0 saturated heterocycles. The molecule has 0 aliphatic rings. The highest BCUT2D eigenvalue weighted by molar-refractivity contribution is 5.92. The fourth-order valence-electron chi connectivity index (χ4n) is 1.57. The van der Waals surface area contributed by atoms with Crippen LogP contribution in [0.15, 0.2) is 12.3 Å². The van der Waals surface area contributed by atoms with Crippen LogP contribution in [-0.4, -0.2) is 30.9 Å². The van der Waals surface area contributed by atoms with Crippen molar-refractivity contribution in [2.45, 2.75) is 32.9 Å². The van der Waals surface area contributed by atoms with Crippen molar-refractivity contribution in [3.05, 3.63) is 23.8 Å². The van der Waals surface area contributed by atoms with Crippen LogP contribution in [0.2, 0.25) is 0 Å². The van der Waals surface area contributed by atoms with E-state index in [2.05, 4.69) is 25.6 Å². The van der Waals surface area contributed by atoms with Gasteiger partial charge in [0.2, 0.25) is 5.95 Å². The Bertz CT molecular complexity index is 571. The third kappa shape index (κ3) is 2.90. The molecule has 0 saturated carbocycles. The van der Waals surface area contributed by atoms with Gasteiger partial charge in [-0.1, -0.05) is 0 Å². The van der Waals surface area contributed by atoms with E-state index in [1.54, 1.807) is 23.9 Å². The summed E-state index contributed by atoms with van der Waals surface area (Å²) in [6.07, 6.45) is 1.77. The number of carbonyl (C=O) groups is 1. The van der Waals surface area contributed by atoms with Crippen molar-refractivity contribution in [1.29, 1.82) is 0 Å². The molecular weight excluding hydrogens is 246 g/mol. The topological polar surface area (TPSA) is 115 Å². The third-order valence-electron chi connectivity index (χ3n) is 2.65. The Hall–Kier alpha value is -2.38. The molecule has 0 bridgehead atoms. The number of nitrogen functional groups attached to an aromatic ring is 1. The van der Waals surface area contributed by atoms with E-state index in [-0.39, 0.29) is 23.9 Å². The highest BCUT2D eigenvalue weighted by Gasteiger charge is 2.16. The van der Waals surface area contributed by atoms with Crippen LogP contribution < -0.4 is 11.1 Å². The average Bonchev–Trinajstić information content (AvgIpc) is 2.96. The van der Waals surface area contributed by atoms with Crippen LogP contribution in [0, 0.1) is 0 Å². The number of H-pyrrole nitrogens is 1. The van der Waals surface area contributed by atoms with Gasteiger partial charge in [-0.3, -0.25) is 14.6 Å². The van der Waals surface area contributed by atoms with E-state index >= 15 is 0 Å². The molecule has 1 atom stereocenters. The van der Waals surface area contributed by atoms with Gasteiger partial charge in [0, 0.05) is 12.2 Å². The molecule has 1 amide bonds. The van der Waals surface area contributed by atoms with Crippen LogP contribution in [0.5, 0.6) is 0 Å². The van der Waals surface area contributed by atoms with Gasteiger partial charge >= 0.3 is 0 Å². The zero-order chi connectivity index (χ0) is 14.0. The quantitative estimate of drug-likeness (QED) is 0.749. The number of rotatable bonds is 4. The maximum Gasteiger partial charge on any atom is 0.272 e. The highest BCUT2D eigenvalue weighted by Crippen LogP contribution is 2.09. The standard InChI is InChI=1S/C11H17N7O/c1-6(2)18-5-4-8(17-18)10(19)13-7(3)9-14-11(12)16-15-9/h4-7H,1-3H3,(H,13,19)(H3,12,14,15,16)/t7-/m0/s1. The molecule has 0 radical (unpaired) electrons. The van der Waals surface area contributed by atoms with Gasteiger partial charge in [0.05, 0.1) is 6.04 Å². The second kappa shape index (κ2) is 5.09. The number of aromatic nitrogens is 5. The monoisotopic (exact) mass is 263 g/mol. The van der Waals surface area contributed by atoms with Gasteiger partial charge in [-0.05, 0) is 26.8 Å². The molecule has 102 valence electrons. The predicted octanol–water partition coefficient (Wildman–Crippen LogP) is 0.655. The summed E-state index contributed by atoms with van der Waals surface area (Å²) in [4.78, 5) is 16.0. The summed E-state index contributed by atoms with van der Waals surface area (Å²) in [6, 6.07) is 1.58. The van der Waals surface area contributed by atoms with Crippen molar-refractivity contribution in [3.63, 3.8) is 0 Å². The van der Waals surface area contributed by atoms with Crippen LogP contribution in [-0.2, 0) is 0 Å². The fourth-order valence-corrected chi connectivity index (χ4v) is 1.57. The van der Waals surface area contributed by atoms with E-state index in [0.29, 0.717) is 11.5 Å². The molecular formula is C11H17N7O. The lowest BCUT2D eigenvalue weighted by Gasteiger charge is -2.09. The molecule has 4 N–H and O–H groups in total. The maximum absolute atomic E-state index is 12.0. The van der Waals surface area contributed by atoms with E-state index in [1.165, 1.54) is 0 Å². The largest absolute Gasteiger partial charge is 0.367 e. The lowest BCUT2D eigenvalue weighted by Crippen LogP contribution is -2.28. The van der Waals surface area contributed by atoms with Gasteiger partial charge in [0.1, 0.15) is 11.5 Å². The first-order valence-electron chi connectivity index (χ1n) is 6.01. The summed E-state index contributed by atoms with van der Waals surface area (Å²) in [5.74, 6) is 0.399. The minimum atomic E-state index is -0.318. The minimum absolute atomic E-state index is 0.153. The molecule has 0 aliphatic heterocycles. The number of amides is 1. The van der Waals surface area contributed by atoms with Gasteiger partial charge in [-0.2, -0.15) is 10.1 Å². The Balaban J connectivity index is 2.04. The summed E-state index contributed by atoms with van der Waals surface area (Å²) < 4.78 is 1.73. The van der Waals surface area contributed by atoms with Gasteiger partial charge in [-0.15, -0.1) is 5.10 Å². The second-order valence-corrected chi connectivity index (χ2v) is 4.55. The Morgan fingerprint density at radius 1 is 1.47 bits per heavy atom. The third-order valence-corrected chi connectivity index (χ3v) is 2.65. The van der Waals surface area contributed by atoms with Gasteiger partial charge in [0.15, 0.2) is 0 Å². The van der Waals surface area contributed by atoms with Gasteiger partial charge in [-0.25, -0.2) is 0 Å². The number of nitrogens with one attached hydrogen (secondary N) is 2. The van der Waals surface area contributed by atoms with E-state index in [0.717, 1.165) is 0 Å². The summed E-state index contributed by atoms with van der Waals surface area (Å²) >= 11 is 0. The van der Waals surface area contributed by atoms with Crippen molar-refractivity contribution in [2.75, 3.05) is 5.73 Å². The first-order valence-corrected chi connectivity index (χ1v) is 6.01. The minimum Gasteiger partial charge on any atom is -0.367 e. The number of carbonyl (C=O) groups excluding carboxylic acids is 1. The first-order chi connectivity index (χ1) is 8.97. The summed E-state index contributed by atoms with van der Waals surface area (Å²) in [6.45, 7) is 5.78. The van der Waals surface area contributed by atoms with Crippen LogP contribution in [0.1, 0.15) is 49.2 Å². The molecule has 2 aromatic heterocycles. The molecule has 8 nitrogen and oxygen atoms in total. The molecule has 8 heteroatoms. The van der Waals surface area contributed by atoms with Crippen molar-refractivity contribution in [3.8, 4) is 0 Å². The highest BCUT2D eigenvalue weighted by atomic mass is 16.2. The zero-order valence-corrected chi connectivity index (χ0v) is 11.1. The van der Waals surface area contributed by atoms with Crippen LogP contribution in [0.4, 0.5) is 5.95 Å². The Labute approximate surface area is 110 Å². The van der Waals surface area contributed by atoms with E-state index in [4.69, 9.17) is 5.73 Å². The molecule has 2 rings (SSSR count). The lowest BCUT2D eigenvalue weighted by atomic mass is 10.3. The van der Waals surface area contributed by atoms with E-state index in [9.17, 15) is 4.79 Å². The zero-order valence-electron chi connectivity index (χ0n) is 11.1. The van der Waals surface area contributed by atoms with Crippen molar-refractivity contribution in [2.24, 2.45) is 0 Å². The molecule has 2 aromatic rings. The number of aromatic amines is 1. The lowest BCUT2D eigenvalue weighted by molar-refractivity contribution is 0.0932. The SMILES string of the molecule is CC(C)n1ccc(C(=O)N[C@@H](C)c2nc(N)n[nH]2)n1. The molecule has 2 heterocycles. The Morgan fingerprint density at radius 3 is 2.74 bits per heavy atom. The average molecular weight is 263 g/mol. The number of hydrogen-bond acceptors (Lipinski definition) is 5. The summed E-state index contributed by atoms with van der Waals surface area (Å²) in [5, 5.41) is 13.3. The molecule has 0 fully saturated rings. The Morgan fingerprint density at radius 2 is 2.21 bits per heavy atom. The van der Waals surface area contributed by atoms with Gasteiger partial charge in [0.25, 0.3) is 5.91 Å². The predicted molar refractivity (Wildman–Crippen MR) is 69.3 cm³/mol. The Kier molecular flexibility index (Phi) is 3.50. The van der Waals surface area contributed by atoms with Crippen molar-refractivity contribution >= 4 is 11.9 Å². The van der Waals surface area contributed by atoms with Crippen LogP contribution >= 0.6 is 0 Å². The van der Waals surface area contributed by atoms with Crippen molar-refractivity contribution in [1.82, 2.24) is 30.3 Å². The van der Waals surface area contributed by atoms with Crippen molar-refractivity contribution < 1.29 is 4.79 Å². The molecule has 0 aliphatic carbocycles.